The van der Waals surface area contributed by atoms with Crippen LogP contribution in [-0.4, -0.2) is 56.8 Å². The van der Waals surface area contributed by atoms with Crippen LogP contribution in [0, 0.1) is 11.8 Å². The molecule has 1 amide bonds. The maximum atomic E-state index is 12.7. The van der Waals surface area contributed by atoms with Crippen molar-refractivity contribution in [2.24, 2.45) is 11.8 Å². The van der Waals surface area contributed by atoms with E-state index in [9.17, 15) is 4.79 Å². The fraction of sp³-hybridized carbons (Fsp3) is 0.375. The molecule has 32 heavy (non-hydrogen) atoms. The summed E-state index contributed by atoms with van der Waals surface area (Å²) in [5.74, 6) is 2.63. The van der Waals surface area contributed by atoms with Crippen molar-refractivity contribution < 1.29 is 9.53 Å². The van der Waals surface area contributed by atoms with E-state index in [0.717, 1.165) is 44.0 Å². The molecule has 2 aliphatic rings. The van der Waals surface area contributed by atoms with E-state index in [2.05, 4.69) is 34.2 Å². The van der Waals surface area contributed by atoms with Crippen LogP contribution in [0.25, 0.3) is 0 Å². The number of halogens is 1. The molecule has 1 aromatic carbocycles. The van der Waals surface area contributed by atoms with E-state index in [4.69, 9.17) is 16.3 Å². The summed E-state index contributed by atoms with van der Waals surface area (Å²) in [5.41, 5.74) is 1.22. The van der Waals surface area contributed by atoms with Crippen LogP contribution in [0.15, 0.2) is 61.2 Å². The van der Waals surface area contributed by atoms with Crippen molar-refractivity contribution in [3.63, 3.8) is 0 Å². The van der Waals surface area contributed by atoms with Crippen molar-refractivity contribution in [1.82, 2.24) is 24.6 Å². The molecule has 3 atom stereocenters. The predicted octanol–water partition coefficient (Wildman–Crippen LogP) is 4.53. The van der Waals surface area contributed by atoms with Crippen LogP contribution >= 0.6 is 11.6 Å². The van der Waals surface area contributed by atoms with E-state index in [0.29, 0.717) is 22.9 Å². The zero-order valence-electron chi connectivity index (χ0n) is 18.0. The molecule has 0 N–H and O–H groups in total. The molecule has 0 radical (unpaired) electrons. The molecule has 1 aliphatic heterocycles. The number of ether oxygens (including phenoxy) is 1. The number of aromatic nitrogens is 3. The molecule has 0 unspecified atom stereocenters. The summed E-state index contributed by atoms with van der Waals surface area (Å²) in [7, 11) is 2.19. The van der Waals surface area contributed by atoms with Gasteiger partial charge >= 0.3 is 6.03 Å². The van der Waals surface area contributed by atoms with Gasteiger partial charge in [0.2, 0.25) is 0 Å². The minimum absolute atomic E-state index is 0.0818. The van der Waals surface area contributed by atoms with E-state index in [-0.39, 0.29) is 6.03 Å². The second-order valence-electron chi connectivity index (χ2n) is 8.79. The summed E-state index contributed by atoms with van der Waals surface area (Å²) in [5, 5.41) is 4.53. The third kappa shape index (κ3) is 4.49. The van der Waals surface area contributed by atoms with E-state index < -0.39 is 0 Å². The number of pyridine rings is 1. The van der Waals surface area contributed by atoms with Gasteiger partial charge in [0.15, 0.2) is 0 Å². The molecule has 166 valence electrons. The van der Waals surface area contributed by atoms with Crippen molar-refractivity contribution in [2.45, 2.75) is 25.4 Å². The fourth-order valence-electron chi connectivity index (χ4n) is 5.00. The Bertz CT molecular complexity index is 1070. The van der Waals surface area contributed by atoms with Gasteiger partial charge in [0.1, 0.15) is 11.5 Å². The number of benzene rings is 1. The molecule has 0 bridgehead atoms. The lowest BCUT2D eigenvalue weighted by molar-refractivity contribution is 0.192. The number of hydrogen-bond acceptors (Lipinski definition) is 5. The highest BCUT2D eigenvalue weighted by molar-refractivity contribution is 6.30. The molecule has 3 heterocycles. The zero-order chi connectivity index (χ0) is 22.1. The van der Waals surface area contributed by atoms with Gasteiger partial charge in [0, 0.05) is 31.9 Å². The van der Waals surface area contributed by atoms with Gasteiger partial charge in [-0.1, -0.05) is 23.7 Å². The number of likely N-dealkylation sites (tertiary alicyclic amines) is 1. The van der Waals surface area contributed by atoms with Gasteiger partial charge < -0.3 is 9.64 Å². The maximum Gasteiger partial charge on any atom is 0.344 e. The van der Waals surface area contributed by atoms with Gasteiger partial charge in [0.25, 0.3) is 0 Å². The van der Waals surface area contributed by atoms with E-state index in [1.165, 1.54) is 16.4 Å². The number of carbonyl (C=O) groups is 1. The first-order chi connectivity index (χ1) is 15.5. The summed E-state index contributed by atoms with van der Waals surface area (Å²) in [6.07, 6.45) is 8.73. The molecule has 7 nitrogen and oxygen atoms in total. The molecule has 1 saturated carbocycles. The summed E-state index contributed by atoms with van der Waals surface area (Å²) >= 11 is 5.91. The first kappa shape index (κ1) is 21.0. The maximum absolute atomic E-state index is 12.7. The molecule has 1 aliphatic carbocycles. The van der Waals surface area contributed by atoms with Crippen LogP contribution in [0.4, 0.5) is 4.79 Å². The number of hydrogen-bond donors (Lipinski definition) is 0. The molecule has 3 aromatic rings. The van der Waals surface area contributed by atoms with Crippen LogP contribution < -0.4 is 4.74 Å². The van der Waals surface area contributed by atoms with Crippen LogP contribution in [0.5, 0.6) is 11.5 Å². The van der Waals surface area contributed by atoms with Crippen molar-refractivity contribution >= 4 is 17.6 Å². The topological polar surface area (TPSA) is 63.5 Å². The van der Waals surface area contributed by atoms with E-state index >= 15 is 0 Å². The minimum Gasteiger partial charge on any atom is -0.456 e. The third-order valence-corrected chi connectivity index (χ3v) is 6.76. The second kappa shape index (κ2) is 8.92. The van der Waals surface area contributed by atoms with E-state index in [1.807, 2.05) is 29.2 Å². The zero-order valence-corrected chi connectivity index (χ0v) is 18.7. The second-order valence-corrected chi connectivity index (χ2v) is 9.23. The van der Waals surface area contributed by atoms with Crippen LogP contribution in [0.1, 0.15) is 18.4 Å². The van der Waals surface area contributed by atoms with Crippen LogP contribution in [0.2, 0.25) is 5.02 Å². The van der Waals surface area contributed by atoms with Crippen LogP contribution in [-0.2, 0) is 6.54 Å². The Kier molecular flexibility index (Phi) is 5.85. The molecular formula is C24H26ClN5O2. The summed E-state index contributed by atoms with van der Waals surface area (Å²) in [4.78, 5) is 21.1. The molecular weight excluding hydrogens is 426 g/mol. The number of rotatable bonds is 5. The third-order valence-electron chi connectivity index (χ3n) is 6.57. The SMILES string of the molecule is CN(Cc1cccc(Oc2cccnc2)c1)[C@@H]1C[C@@H]2CN(C(=O)n3cc(Cl)cn3)C[C@@H]2C1. The molecule has 1 saturated heterocycles. The number of fused-ring (bicyclic) bond motifs is 1. The lowest BCUT2D eigenvalue weighted by Crippen LogP contribution is -2.36. The van der Waals surface area contributed by atoms with Gasteiger partial charge in [-0.3, -0.25) is 9.88 Å². The van der Waals surface area contributed by atoms with Crippen molar-refractivity contribution in [3.05, 3.63) is 71.8 Å². The number of amides is 1. The van der Waals surface area contributed by atoms with Gasteiger partial charge in [-0.05, 0) is 61.6 Å². The Balaban J connectivity index is 1.16. The van der Waals surface area contributed by atoms with Crippen LogP contribution in [0.3, 0.4) is 0 Å². The quantitative estimate of drug-likeness (QED) is 0.570. The Morgan fingerprint density at radius 2 is 1.94 bits per heavy atom. The van der Waals surface area contributed by atoms with Crippen molar-refractivity contribution in [2.75, 3.05) is 20.1 Å². The molecule has 2 aromatic heterocycles. The average Bonchev–Trinajstić information content (AvgIpc) is 3.49. The molecule has 2 fully saturated rings. The fourth-order valence-corrected chi connectivity index (χ4v) is 5.14. The monoisotopic (exact) mass is 451 g/mol. The van der Waals surface area contributed by atoms with E-state index in [1.54, 1.807) is 18.6 Å². The Hall–Kier alpha value is -2.90. The highest BCUT2D eigenvalue weighted by Crippen LogP contribution is 2.40. The van der Waals surface area contributed by atoms with Gasteiger partial charge in [-0.25, -0.2) is 4.79 Å². The lowest BCUT2D eigenvalue weighted by Gasteiger charge is -2.26. The number of nitrogens with zero attached hydrogens (tertiary/aromatic N) is 5. The molecule has 0 spiro atoms. The van der Waals surface area contributed by atoms with Gasteiger partial charge in [-0.2, -0.15) is 9.78 Å². The molecule has 5 rings (SSSR count). The average molecular weight is 452 g/mol. The summed E-state index contributed by atoms with van der Waals surface area (Å²) < 4.78 is 7.27. The highest BCUT2D eigenvalue weighted by atomic mass is 35.5. The van der Waals surface area contributed by atoms with Crippen molar-refractivity contribution in [1.29, 1.82) is 0 Å². The highest BCUT2D eigenvalue weighted by Gasteiger charge is 2.43. The Morgan fingerprint density at radius 3 is 2.62 bits per heavy atom. The summed E-state index contributed by atoms with van der Waals surface area (Å²) in [6.45, 7) is 2.45. The van der Waals surface area contributed by atoms with Crippen molar-refractivity contribution in [3.8, 4) is 11.5 Å². The normalized spacial score (nSPS) is 22.3. The Labute approximate surface area is 192 Å². The summed E-state index contributed by atoms with van der Waals surface area (Å²) in [6, 6.07) is 12.4. The lowest BCUT2D eigenvalue weighted by atomic mass is 10.0. The minimum atomic E-state index is -0.0818. The standard InChI is InChI=1S/C24H26ClN5O2/c1-28(13-17-4-2-5-22(8-17)32-23-6-3-7-26-12-23)21-9-18-14-29(15-19(18)10-21)24(31)30-16-20(25)11-27-30/h2-8,11-12,16,18-19,21H,9-10,13-15H2,1H3/t18-,19+,21-. The number of carbonyl (C=O) groups excluding carboxylic acids is 1. The largest absolute Gasteiger partial charge is 0.456 e. The Morgan fingerprint density at radius 1 is 1.16 bits per heavy atom. The van der Waals surface area contributed by atoms with Gasteiger partial charge in [-0.15, -0.1) is 0 Å². The first-order valence-corrected chi connectivity index (χ1v) is 11.3. The first-order valence-electron chi connectivity index (χ1n) is 10.9. The molecule has 8 heteroatoms. The van der Waals surface area contributed by atoms with Gasteiger partial charge in [0.05, 0.1) is 23.6 Å². The smallest absolute Gasteiger partial charge is 0.344 e. The predicted molar refractivity (Wildman–Crippen MR) is 122 cm³/mol.